The zero-order valence-corrected chi connectivity index (χ0v) is 11.2. The Kier molecular flexibility index (Phi) is 4.01. The van der Waals surface area contributed by atoms with Crippen LogP contribution >= 0.6 is 27.5 Å². The minimum absolute atomic E-state index is 0.00757. The highest BCUT2D eigenvalue weighted by molar-refractivity contribution is 9.10. The van der Waals surface area contributed by atoms with Crippen molar-refractivity contribution in [2.75, 3.05) is 13.1 Å². The molecule has 1 aliphatic heterocycles. The number of carbonyl (C=O) groups excluding carboxylic acids is 1. The van der Waals surface area contributed by atoms with Crippen LogP contribution in [-0.4, -0.2) is 25.0 Å². The van der Waals surface area contributed by atoms with Crippen molar-refractivity contribution >= 4 is 33.4 Å². The standard InChI is InChI=1S/C11H11BrClFN2O/c12-8-3-7(10(14)4-9(8)13)11(17)16-6-1-2-15-5-6/h3-4,6,15H,1-2,5H2,(H,16,17)/t6-/m1/s1. The molecule has 0 radical (unpaired) electrons. The molecule has 1 heterocycles. The minimum Gasteiger partial charge on any atom is -0.348 e. The fraction of sp³-hybridized carbons (Fsp3) is 0.364. The second-order valence-corrected chi connectivity index (χ2v) is 5.17. The molecule has 1 amide bonds. The van der Waals surface area contributed by atoms with E-state index in [4.69, 9.17) is 11.6 Å². The Morgan fingerprint density at radius 3 is 3.00 bits per heavy atom. The molecule has 0 bridgehead atoms. The summed E-state index contributed by atoms with van der Waals surface area (Å²) in [5, 5.41) is 6.15. The third-order valence-electron chi connectivity index (χ3n) is 2.65. The molecular formula is C11H11BrClFN2O. The van der Waals surface area contributed by atoms with E-state index < -0.39 is 11.7 Å². The van der Waals surface area contributed by atoms with Crippen LogP contribution in [0.15, 0.2) is 16.6 Å². The fourth-order valence-electron chi connectivity index (χ4n) is 1.74. The summed E-state index contributed by atoms with van der Waals surface area (Å²) in [6.07, 6.45) is 0.863. The monoisotopic (exact) mass is 320 g/mol. The van der Waals surface area contributed by atoms with Gasteiger partial charge in [0.05, 0.1) is 10.6 Å². The molecule has 1 aromatic rings. The van der Waals surface area contributed by atoms with E-state index in [0.29, 0.717) is 4.47 Å². The van der Waals surface area contributed by atoms with Crippen LogP contribution in [0.25, 0.3) is 0 Å². The molecule has 1 aromatic carbocycles. The van der Waals surface area contributed by atoms with Crippen molar-refractivity contribution in [3.63, 3.8) is 0 Å². The van der Waals surface area contributed by atoms with Crippen molar-refractivity contribution in [1.82, 2.24) is 10.6 Å². The van der Waals surface area contributed by atoms with Gasteiger partial charge in [0.25, 0.3) is 5.91 Å². The average molecular weight is 322 g/mol. The first-order valence-electron chi connectivity index (χ1n) is 5.24. The number of halogens is 3. The molecule has 3 nitrogen and oxygen atoms in total. The molecule has 1 atom stereocenters. The highest BCUT2D eigenvalue weighted by Crippen LogP contribution is 2.25. The second-order valence-electron chi connectivity index (χ2n) is 3.91. The third-order valence-corrected chi connectivity index (χ3v) is 3.85. The molecule has 2 rings (SSSR count). The minimum atomic E-state index is -0.610. The lowest BCUT2D eigenvalue weighted by Gasteiger charge is -2.12. The molecule has 1 aliphatic rings. The molecule has 2 N–H and O–H groups in total. The molecule has 17 heavy (non-hydrogen) atoms. The van der Waals surface area contributed by atoms with Gasteiger partial charge >= 0.3 is 0 Å². The van der Waals surface area contributed by atoms with Crippen LogP contribution in [0.2, 0.25) is 5.02 Å². The Morgan fingerprint density at radius 2 is 2.35 bits per heavy atom. The van der Waals surface area contributed by atoms with Crippen LogP contribution in [0, 0.1) is 5.82 Å². The van der Waals surface area contributed by atoms with Gasteiger partial charge in [-0.05, 0) is 41.0 Å². The fourth-order valence-corrected chi connectivity index (χ4v) is 2.23. The van der Waals surface area contributed by atoms with Crippen molar-refractivity contribution < 1.29 is 9.18 Å². The maximum atomic E-state index is 13.6. The van der Waals surface area contributed by atoms with E-state index in [1.165, 1.54) is 6.07 Å². The zero-order valence-electron chi connectivity index (χ0n) is 8.90. The van der Waals surface area contributed by atoms with E-state index in [0.717, 1.165) is 25.6 Å². The Balaban J connectivity index is 2.15. The smallest absolute Gasteiger partial charge is 0.254 e. The Bertz CT molecular complexity index is 449. The lowest BCUT2D eigenvalue weighted by molar-refractivity contribution is 0.0936. The molecule has 0 aliphatic carbocycles. The summed E-state index contributed by atoms with van der Waals surface area (Å²) in [7, 11) is 0. The summed E-state index contributed by atoms with van der Waals surface area (Å²) in [5.74, 6) is -1.02. The first-order chi connectivity index (χ1) is 8.08. The Labute approximate surface area is 112 Å². The van der Waals surface area contributed by atoms with Crippen molar-refractivity contribution in [2.24, 2.45) is 0 Å². The SMILES string of the molecule is O=C(N[C@@H]1CCNC1)c1cc(Br)c(Cl)cc1F. The van der Waals surface area contributed by atoms with E-state index in [1.807, 2.05) is 0 Å². The number of amides is 1. The first kappa shape index (κ1) is 12.8. The molecule has 92 valence electrons. The van der Waals surface area contributed by atoms with Gasteiger partial charge in [-0.25, -0.2) is 4.39 Å². The summed E-state index contributed by atoms with van der Waals surface area (Å²) < 4.78 is 14.1. The van der Waals surface area contributed by atoms with Gasteiger partial charge in [-0.15, -0.1) is 0 Å². The van der Waals surface area contributed by atoms with Crippen molar-refractivity contribution in [3.05, 3.63) is 33.0 Å². The van der Waals surface area contributed by atoms with Crippen LogP contribution in [0.3, 0.4) is 0 Å². The summed E-state index contributed by atoms with van der Waals surface area (Å²) in [6.45, 7) is 1.60. The molecule has 0 aromatic heterocycles. The maximum Gasteiger partial charge on any atom is 0.254 e. The van der Waals surface area contributed by atoms with E-state index >= 15 is 0 Å². The number of carbonyl (C=O) groups is 1. The molecule has 1 fully saturated rings. The molecule has 0 unspecified atom stereocenters. The number of hydrogen-bond acceptors (Lipinski definition) is 2. The van der Waals surface area contributed by atoms with Crippen LogP contribution < -0.4 is 10.6 Å². The zero-order chi connectivity index (χ0) is 12.4. The third kappa shape index (κ3) is 2.97. The predicted octanol–water partition coefficient (Wildman–Crippen LogP) is 2.33. The Morgan fingerprint density at radius 1 is 1.59 bits per heavy atom. The molecule has 6 heteroatoms. The van der Waals surface area contributed by atoms with Gasteiger partial charge in [0.1, 0.15) is 5.82 Å². The maximum absolute atomic E-state index is 13.6. The average Bonchev–Trinajstić information content (AvgIpc) is 2.76. The van der Waals surface area contributed by atoms with Crippen LogP contribution in [-0.2, 0) is 0 Å². The van der Waals surface area contributed by atoms with E-state index in [1.54, 1.807) is 0 Å². The van der Waals surface area contributed by atoms with Gasteiger partial charge in [-0.2, -0.15) is 0 Å². The van der Waals surface area contributed by atoms with Crippen LogP contribution in [0.5, 0.6) is 0 Å². The largest absolute Gasteiger partial charge is 0.348 e. The topological polar surface area (TPSA) is 41.1 Å². The normalized spacial score (nSPS) is 19.4. The second kappa shape index (κ2) is 5.33. The summed E-state index contributed by atoms with van der Waals surface area (Å²) >= 11 is 8.90. The van der Waals surface area contributed by atoms with Gasteiger partial charge in [-0.3, -0.25) is 4.79 Å². The number of rotatable bonds is 2. The summed E-state index contributed by atoms with van der Waals surface area (Å²) in [4.78, 5) is 11.8. The van der Waals surface area contributed by atoms with E-state index in [9.17, 15) is 9.18 Å². The van der Waals surface area contributed by atoms with Gasteiger partial charge in [0.2, 0.25) is 0 Å². The highest BCUT2D eigenvalue weighted by atomic mass is 79.9. The quantitative estimate of drug-likeness (QED) is 0.821. The summed E-state index contributed by atoms with van der Waals surface area (Å²) in [5.41, 5.74) is 0.00757. The summed E-state index contributed by atoms with van der Waals surface area (Å²) in [6, 6.07) is 2.60. The lowest BCUT2D eigenvalue weighted by Crippen LogP contribution is -2.36. The van der Waals surface area contributed by atoms with E-state index in [2.05, 4.69) is 26.6 Å². The molecular weight excluding hydrogens is 310 g/mol. The van der Waals surface area contributed by atoms with Crippen molar-refractivity contribution in [1.29, 1.82) is 0 Å². The van der Waals surface area contributed by atoms with Crippen LogP contribution in [0.4, 0.5) is 4.39 Å². The van der Waals surface area contributed by atoms with Crippen LogP contribution in [0.1, 0.15) is 16.8 Å². The van der Waals surface area contributed by atoms with Crippen molar-refractivity contribution in [3.8, 4) is 0 Å². The Hall–Kier alpha value is -0.650. The predicted molar refractivity (Wildman–Crippen MR) is 67.9 cm³/mol. The van der Waals surface area contributed by atoms with Crippen molar-refractivity contribution in [2.45, 2.75) is 12.5 Å². The lowest BCUT2D eigenvalue weighted by atomic mass is 10.1. The van der Waals surface area contributed by atoms with Gasteiger partial charge < -0.3 is 10.6 Å². The first-order valence-corrected chi connectivity index (χ1v) is 6.41. The molecule has 0 saturated carbocycles. The number of nitrogens with one attached hydrogen (secondary N) is 2. The van der Waals surface area contributed by atoms with Gasteiger partial charge in [-0.1, -0.05) is 11.6 Å². The van der Waals surface area contributed by atoms with E-state index in [-0.39, 0.29) is 16.6 Å². The molecule has 1 saturated heterocycles. The molecule has 0 spiro atoms. The number of hydrogen-bond donors (Lipinski definition) is 2. The van der Waals surface area contributed by atoms with Gasteiger partial charge in [0, 0.05) is 17.1 Å². The van der Waals surface area contributed by atoms with Gasteiger partial charge in [0.15, 0.2) is 0 Å². The highest BCUT2D eigenvalue weighted by Gasteiger charge is 2.20. The number of benzene rings is 1.